The Morgan fingerprint density at radius 3 is 2.42 bits per heavy atom. The lowest BCUT2D eigenvalue weighted by molar-refractivity contribution is 0.102. The number of pyridine rings is 1. The number of hydrogen-bond donors (Lipinski definition) is 1. The highest BCUT2D eigenvalue weighted by Gasteiger charge is 2.28. The van der Waals surface area contributed by atoms with Crippen LogP contribution in [0.25, 0.3) is 0 Å². The summed E-state index contributed by atoms with van der Waals surface area (Å²) >= 11 is 0. The number of carbonyl (C=O) groups is 1. The molecule has 1 amide bonds. The zero-order valence-corrected chi connectivity index (χ0v) is 17.9. The van der Waals surface area contributed by atoms with E-state index < -0.39 is 10.0 Å². The van der Waals surface area contributed by atoms with Crippen molar-refractivity contribution in [1.82, 2.24) is 4.98 Å². The minimum Gasteiger partial charge on any atom is -0.470 e. The fraction of sp³-hybridized carbons (Fsp3) is 0.217. The molecule has 1 aliphatic heterocycles. The van der Waals surface area contributed by atoms with Crippen molar-refractivity contribution in [1.29, 1.82) is 0 Å². The number of anilines is 2. The SMILES string of the molecule is CC(Oc1ccc(C(=O)Nc2ccc(N3CCCS3(=O)=O)cc2)cn1)c1ccccc1. The Bertz CT molecular complexity index is 1150. The van der Waals surface area contributed by atoms with Gasteiger partial charge in [0.15, 0.2) is 0 Å². The molecule has 1 saturated heterocycles. The maximum absolute atomic E-state index is 12.5. The molecule has 1 atom stereocenters. The molecule has 1 unspecified atom stereocenters. The number of rotatable bonds is 6. The first kappa shape index (κ1) is 20.9. The molecule has 0 radical (unpaired) electrons. The van der Waals surface area contributed by atoms with Crippen molar-refractivity contribution in [3.05, 3.63) is 84.1 Å². The third-order valence-corrected chi connectivity index (χ3v) is 6.95. The lowest BCUT2D eigenvalue weighted by Gasteiger charge is -2.17. The number of amides is 1. The molecule has 7 nitrogen and oxygen atoms in total. The van der Waals surface area contributed by atoms with Crippen LogP contribution in [0.15, 0.2) is 72.9 Å². The summed E-state index contributed by atoms with van der Waals surface area (Å²) in [6.45, 7) is 2.42. The molecule has 0 aliphatic carbocycles. The Morgan fingerprint density at radius 1 is 1.06 bits per heavy atom. The molecule has 2 heterocycles. The molecule has 1 aromatic heterocycles. The Kier molecular flexibility index (Phi) is 5.90. The molecule has 3 aromatic rings. The topological polar surface area (TPSA) is 88.6 Å². The van der Waals surface area contributed by atoms with Crippen LogP contribution in [0.3, 0.4) is 0 Å². The second kappa shape index (κ2) is 8.77. The average molecular weight is 438 g/mol. The van der Waals surface area contributed by atoms with Crippen molar-refractivity contribution in [3.8, 4) is 5.88 Å². The van der Waals surface area contributed by atoms with Crippen molar-refractivity contribution in [2.45, 2.75) is 19.4 Å². The smallest absolute Gasteiger partial charge is 0.257 e. The minimum atomic E-state index is -3.22. The van der Waals surface area contributed by atoms with Crippen LogP contribution in [0.2, 0.25) is 0 Å². The van der Waals surface area contributed by atoms with Crippen molar-refractivity contribution in [3.63, 3.8) is 0 Å². The molecule has 2 aromatic carbocycles. The quantitative estimate of drug-likeness (QED) is 0.629. The highest BCUT2D eigenvalue weighted by atomic mass is 32.2. The summed E-state index contributed by atoms with van der Waals surface area (Å²) in [5.41, 5.74) is 2.61. The molecule has 1 aliphatic rings. The van der Waals surface area contributed by atoms with E-state index in [4.69, 9.17) is 4.74 Å². The Balaban J connectivity index is 1.37. The maximum Gasteiger partial charge on any atom is 0.257 e. The van der Waals surface area contributed by atoms with E-state index in [0.29, 0.717) is 35.8 Å². The van der Waals surface area contributed by atoms with E-state index in [2.05, 4.69) is 10.3 Å². The van der Waals surface area contributed by atoms with E-state index in [-0.39, 0.29) is 17.8 Å². The van der Waals surface area contributed by atoms with Gasteiger partial charge in [-0.25, -0.2) is 13.4 Å². The van der Waals surface area contributed by atoms with Gasteiger partial charge < -0.3 is 10.1 Å². The molecular formula is C23H23N3O4S. The molecule has 0 bridgehead atoms. The van der Waals surface area contributed by atoms with Crippen molar-refractivity contribution in [2.24, 2.45) is 0 Å². The first-order valence-electron chi connectivity index (χ1n) is 10.0. The minimum absolute atomic E-state index is 0.161. The summed E-state index contributed by atoms with van der Waals surface area (Å²) in [6, 6.07) is 19.9. The van der Waals surface area contributed by atoms with Gasteiger partial charge in [0.25, 0.3) is 5.91 Å². The van der Waals surface area contributed by atoms with E-state index in [1.165, 1.54) is 10.5 Å². The molecule has 31 heavy (non-hydrogen) atoms. The number of nitrogens with one attached hydrogen (secondary N) is 1. The Hall–Kier alpha value is -3.39. The summed E-state index contributed by atoms with van der Waals surface area (Å²) in [5.74, 6) is 0.295. The maximum atomic E-state index is 12.5. The summed E-state index contributed by atoms with van der Waals surface area (Å²) in [4.78, 5) is 16.7. The normalized spacial score (nSPS) is 16.0. The molecule has 8 heteroatoms. The second-order valence-electron chi connectivity index (χ2n) is 7.30. The van der Waals surface area contributed by atoms with Gasteiger partial charge in [0.1, 0.15) is 6.10 Å². The van der Waals surface area contributed by atoms with Crippen LogP contribution in [0, 0.1) is 0 Å². The van der Waals surface area contributed by atoms with Crippen LogP contribution < -0.4 is 14.4 Å². The van der Waals surface area contributed by atoms with Gasteiger partial charge in [0.05, 0.1) is 17.0 Å². The van der Waals surface area contributed by atoms with Crippen LogP contribution in [0.5, 0.6) is 5.88 Å². The predicted octanol–water partition coefficient (Wildman–Crippen LogP) is 4.01. The number of carbonyl (C=O) groups excluding carboxylic acids is 1. The van der Waals surface area contributed by atoms with Crippen LogP contribution in [-0.4, -0.2) is 31.6 Å². The zero-order valence-electron chi connectivity index (χ0n) is 17.1. The lowest BCUT2D eigenvalue weighted by atomic mass is 10.1. The molecule has 4 rings (SSSR count). The van der Waals surface area contributed by atoms with Crippen molar-refractivity contribution < 1.29 is 17.9 Å². The van der Waals surface area contributed by atoms with E-state index in [0.717, 1.165) is 5.56 Å². The molecular weight excluding hydrogens is 414 g/mol. The van der Waals surface area contributed by atoms with E-state index in [1.54, 1.807) is 36.4 Å². The third kappa shape index (κ3) is 4.86. The molecule has 0 saturated carbocycles. The summed E-state index contributed by atoms with van der Waals surface area (Å²) in [5, 5.41) is 2.80. The van der Waals surface area contributed by atoms with Crippen LogP contribution in [0.1, 0.15) is 35.4 Å². The molecule has 1 N–H and O–H groups in total. The third-order valence-electron chi connectivity index (χ3n) is 5.08. The van der Waals surface area contributed by atoms with Gasteiger partial charge in [0, 0.05) is 24.5 Å². The van der Waals surface area contributed by atoms with Crippen molar-refractivity contribution >= 4 is 27.3 Å². The average Bonchev–Trinajstić information content (AvgIpc) is 3.14. The van der Waals surface area contributed by atoms with Crippen LogP contribution in [0.4, 0.5) is 11.4 Å². The summed E-state index contributed by atoms with van der Waals surface area (Å²) < 4.78 is 31.3. The van der Waals surface area contributed by atoms with Gasteiger partial charge in [-0.3, -0.25) is 9.10 Å². The highest BCUT2D eigenvalue weighted by Crippen LogP contribution is 2.25. The monoisotopic (exact) mass is 437 g/mol. The van der Waals surface area contributed by atoms with E-state index in [9.17, 15) is 13.2 Å². The number of hydrogen-bond acceptors (Lipinski definition) is 5. The van der Waals surface area contributed by atoms with Gasteiger partial charge in [0.2, 0.25) is 15.9 Å². The summed E-state index contributed by atoms with van der Waals surface area (Å²) in [7, 11) is -3.22. The highest BCUT2D eigenvalue weighted by molar-refractivity contribution is 7.93. The van der Waals surface area contributed by atoms with E-state index in [1.807, 2.05) is 37.3 Å². The number of benzene rings is 2. The van der Waals surface area contributed by atoms with Crippen LogP contribution >= 0.6 is 0 Å². The Labute approximate surface area is 181 Å². The fourth-order valence-electron chi connectivity index (χ4n) is 3.40. The largest absolute Gasteiger partial charge is 0.470 e. The van der Waals surface area contributed by atoms with Crippen LogP contribution in [-0.2, 0) is 10.0 Å². The van der Waals surface area contributed by atoms with Gasteiger partial charge in [-0.1, -0.05) is 30.3 Å². The second-order valence-corrected chi connectivity index (χ2v) is 9.31. The zero-order chi connectivity index (χ0) is 21.8. The molecule has 160 valence electrons. The molecule has 0 spiro atoms. The lowest BCUT2D eigenvalue weighted by Crippen LogP contribution is -2.25. The van der Waals surface area contributed by atoms with Gasteiger partial charge in [-0.2, -0.15) is 0 Å². The fourth-order valence-corrected chi connectivity index (χ4v) is 4.97. The predicted molar refractivity (Wildman–Crippen MR) is 120 cm³/mol. The number of sulfonamides is 1. The van der Waals surface area contributed by atoms with Gasteiger partial charge >= 0.3 is 0 Å². The Morgan fingerprint density at radius 2 is 1.81 bits per heavy atom. The number of aromatic nitrogens is 1. The number of nitrogens with zero attached hydrogens (tertiary/aromatic N) is 2. The summed E-state index contributed by atoms with van der Waals surface area (Å²) in [6.07, 6.45) is 1.93. The first-order chi connectivity index (χ1) is 14.9. The van der Waals surface area contributed by atoms with Gasteiger partial charge in [-0.15, -0.1) is 0 Å². The van der Waals surface area contributed by atoms with Gasteiger partial charge in [-0.05, 0) is 49.2 Å². The first-order valence-corrected chi connectivity index (χ1v) is 11.6. The number of ether oxygens (including phenoxy) is 1. The van der Waals surface area contributed by atoms with Crippen molar-refractivity contribution in [2.75, 3.05) is 21.9 Å². The van der Waals surface area contributed by atoms with E-state index >= 15 is 0 Å². The standard InChI is InChI=1S/C23H23N3O4S/c1-17(18-6-3-2-4-7-18)30-22-13-8-19(16-24-22)23(27)25-20-9-11-21(12-10-20)26-14-5-15-31(26,28)29/h2-4,6-13,16-17H,5,14-15H2,1H3,(H,25,27). The molecule has 1 fully saturated rings.